The molecule has 3 saturated heterocycles. The maximum Gasteiger partial charge on any atom is 0.193 e. The molecule has 0 aromatic rings. The zero-order valence-corrected chi connectivity index (χ0v) is 17.0. The van der Waals surface area contributed by atoms with Crippen LogP contribution in [0.3, 0.4) is 0 Å². The average Bonchev–Trinajstić information content (AvgIpc) is 3.12. The van der Waals surface area contributed by atoms with Gasteiger partial charge in [-0.1, -0.05) is 6.42 Å². The fourth-order valence-corrected chi connectivity index (χ4v) is 5.24. The molecular formula is C19H36N4OS. The van der Waals surface area contributed by atoms with Gasteiger partial charge in [-0.2, -0.15) is 11.8 Å². The van der Waals surface area contributed by atoms with Crippen LogP contribution in [0.5, 0.6) is 0 Å². The molecular weight excluding hydrogens is 332 g/mol. The maximum atomic E-state index is 5.56. The van der Waals surface area contributed by atoms with E-state index in [4.69, 9.17) is 4.74 Å². The molecule has 0 aromatic heterocycles. The molecule has 0 aromatic carbocycles. The summed E-state index contributed by atoms with van der Waals surface area (Å²) in [4.78, 5) is 9.73. The molecule has 0 amide bonds. The molecule has 0 saturated carbocycles. The van der Waals surface area contributed by atoms with Crippen molar-refractivity contribution in [1.29, 1.82) is 0 Å². The first-order valence-electron chi connectivity index (χ1n) is 10.1. The Morgan fingerprint density at radius 1 is 1.20 bits per heavy atom. The first kappa shape index (κ1) is 19.3. The van der Waals surface area contributed by atoms with Crippen molar-refractivity contribution in [3.8, 4) is 0 Å². The standard InChI is InChI=1S/C19H36N4OS/c1-20-18(21-16-19(25-2)7-12-24-13-8-19)23-11-6-17(15-23)14-22-9-4-3-5-10-22/h17H,3-16H2,1-2H3,(H,20,21). The summed E-state index contributed by atoms with van der Waals surface area (Å²) in [7, 11) is 1.93. The molecule has 6 heteroatoms. The predicted molar refractivity (Wildman–Crippen MR) is 108 cm³/mol. The van der Waals surface area contributed by atoms with E-state index in [2.05, 4.69) is 26.4 Å². The molecule has 5 nitrogen and oxygen atoms in total. The third-order valence-corrected chi connectivity index (χ3v) is 7.59. The summed E-state index contributed by atoms with van der Waals surface area (Å²) < 4.78 is 5.87. The van der Waals surface area contributed by atoms with E-state index >= 15 is 0 Å². The number of hydrogen-bond acceptors (Lipinski definition) is 4. The monoisotopic (exact) mass is 368 g/mol. The van der Waals surface area contributed by atoms with Crippen LogP contribution in [-0.2, 0) is 4.74 Å². The van der Waals surface area contributed by atoms with E-state index in [1.54, 1.807) is 0 Å². The number of thioether (sulfide) groups is 1. The van der Waals surface area contributed by atoms with E-state index in [1.807, 2.05) is 18.8 Å². The van der Waals surface area contributed by atoms with Gasteiger partial charge < -0.3 is 19.9 Å². The van der Waals surface area contributed by atoms with Crippen molar-refractivity contribution in [3.05, 3.63) is 0 Å². The van der Waals surface area contributed by atoms with Gasteiger partial charge in [-0.25, -0.2) is 0 Å². The Balaban J connectivity index is 1.46. The van der Waals surface area contributed by atoms with Crippen LogP contribution in [0, 0.1) is 5.92 Å². The lowest BCUT2D eigenvalue weighted by atomic mass is 9.99. The molecule has 3 heterocycles. The zero-order valence-electron chi connectivity index (χ0n) is 16.1. The van der Waals surface area contributed by atoms with Gasteiger partial charge >= 0.3 is 0 Å². The van der Waals surface area contributed by atoms with Crippen LogP contribution in [0.4, 0.5) is 0 Å². The molecule has 3 fully saturated rings. The van der Waals surface area contributed by atoms with E-state index < -0.39 is 0 Å². The molecule has 1 unspecified atom stereocenters. The van der Waals surface area contributed by atoms with Gasteiger partial charge in [-0.15, -0.1) is 0 Å². The van der Waals surface area contributed by atoms with Crippen LogP contribution in [0.2, 0.25) is 0 Å². The summed E-state index contributed by atoms with van der Waals surface area (Å²) in [6.07, 6.45) is 10.0. The minimum atomic E-state index is 0.307. The highest BCUT2D eigenvalue weighted by molar-refractivity contribution is 8.00. The van der Waals surface area contributed by atoms with Crippen LogP contribution >= 0.6 is 11.8 Å². The maximum absolute atomic E-state index is 5.56. The number of aliphatic imine (C=N–C) groups is 1. The number of guanidine groups is 1. The molecule has 144 valence electrons. The van der Waals surface area contributed by atoms with Gasteiger partial charge in [0, 0.05) is 51.2 Å². The zero-order chi connectivity index (χ0) is 17.5. The summed E-state index contributed by atoms with van der Waals surface area (Å²) in [5, 5.41) is 3.68. The van der Waals surface area contributed by atoms with Crippen molar-refractivity contribution in [2.75, 3.05) is 65.8 Å². The number of hydrogen-bond donors (Lipinski definition) is 1. The Kier molecular flexibility index (Phi) is 7.31. The Bertz CT molecular complexity index is 433. The second-order valence-electron chi connectivity index (χ2n) is 7.86. The molecule has 3 aliphatic rings. The summed E-state index contributed by atoms with van der Waals surface area (Å²) in [5.74, 6) is 1.90. The van der Waals surface area contributed by atoms with E-state index in [1.165, 1.54) is 45.3 Å². The van der Waals surface area contributed by atoms with Gasteiger partial charge in [0.2, 0.25) is 0 Å². The van der Waals surface area contributed by atoms with Crippen molar-refractivity contribution < 1.29 is 4.74 Å². The number of ether oxygens (including phenoxy) is 1. The van der Waals surface area contributed by atoms with E-state index in [0.29, 0.717) is 4.75 Å². The first-order valence-corrected chi connectivity index (χ1v) is 11.3. The average molecular weight is 369 g/mol. The second-order valence-corrected chi connectivity index (χ2v) is 9.14. The molecule has 3 aliphatic heterocycles. The molecule has 0 bridgehead atoms. The lowest BCUT2D eigenvalue weighted by Gasteiger charge is -2.37. The first-order chi connectivity index (χ1) is 12.2. The number of nitrogens with one attached hydrogen (secondary N) is 1. The van der Waals surface area contributed by atoms with E-state index in [0.717, 1.165) is 57.6 Å². The van der Waals surface area contributed by atoms with Gasteiger partial charge in [-0.05, 0) is 57.4 Å². The number of likely N-dealkylation sites (tertiary alicyclic amines) is 2. The molecule has 25 heavy (non-hydrogen) atoms. The van der Waals surface area contributed by atoms with Crippen LogP contribution in [0.25, 0.3) is 0 Å². The Labute approximate surface area is 157 Å². The van der Waals surface area contributed by atoms with E-state index in [-0.39, 0.29) is 0 Å². The predicted octanol–water partition coefficient (Wildman–Crippen LogP) is 2.28. The highest BCUT2D eigenvalue weighted by Crippen LogP contribution is 2.33. The summed E-state index contributed by atoms with van der Waals surface area (Å²) >= 11 is 1.99. The Hall–Kier alpha value is -0.460. The smallest absolute Gasteiger partial charge is 0.193 e. The Morgan fingerprint density at radius 3 is 2.64 bits per heavy atom. The van der Waals surface area contributed by atoms with Crippen molar-refractivity contribution in [3.63, 3.8) is 0 Å². The quantitative estimate of drug-likeness (QED) is 0.595. The third kappa shape index (κ3) is 5.27. The fraction of sp³-hybridized carbons (Fsp3) is 0.947. The lowest BCUT2D eigenvalue weighted by Crippen LogP contribution is -2.49. The van der Waals surface area contributed by atoms with E-state index in [9.17, 15) is 0 Å². The van der Waals surface area contributed by atoms with Crippen LogP contribution in [0.1, 0.15) is 38.5 Å². The lowest BCUT2D eigenvalue weighted by molar-refractivity contribution is 0.0781. The molecule has 0 radical (unpaired) electrons. The van der Waals surface area contributed by atoms with Crippen LogP contribution < -0.4 is 5.32 Å². The van der Waals surface area contributed by atoms with Gasteiger partial charge in [0.05, 0.1) is 0 Å². The minimum absolute atomic E-state index is 0.307. The van der Waals surface area contributed by atoms with Gasteiger partial charge in [0.25, 0.3) is 0 Å². The summed E-state index contributed by atoms with van der Waals surface area (Å²) in [6, 6.07) is 0. The van der Waals surface area contributed by atoms with Crippen LogP contribution in [0.15, 0.2) is 4.99 Å². The number of nitrogens with zero attached hydrogens (tertiary/aromatic N) is 3. The van der Waals surface area contributed by atoms with Gasteiger partial charge in [0.15, 0.2) is 5.96 Å². The molecule has 1 N–H and O–H groups in total. The molecule has 0 aliphatic carbocycles. The van der Waals surface area contributed by atoms with Crippen molar-refractivity contribution in [2.45, 2.75) is 43.3 Å². The summed E-state index contributed by atoms with van der Waals surface area (Å²) in [6.45, 7) is 8.98. The number of piperidine rings is 1. The highest BCUT2D eigenvalue weighted by Gasteiger charge is 2.33. The minimum Gasteiger partial charge on any atom is -0.381 e. The van der Waals surface area contributed by atoms with Crippen LogP contribution in [-0.4, -0.2) is 86.3 Å². The molecule has 3 rings (SSSR count). The molecule has 1 atom stereocenters. The topological polar surface area (TPSA) is 40.1 Å². The highest BCUT2D eigenvalue weighted by atomic mass is 32.2. The van der Waals surface area contributed by atoms with Gasteiger partial charge in [-0.3, -0.25) is 4.99 Å². The normalized spacial score (nSPS) is 28.3. The SMILES string of the molecule is CN=C(NCC1(SC)CCOCC1)N1CCC(CN2CCCCC2)C1. The summed E-state index contributed by atoms with van der Waals surface area (Å²) in [5.41, 5.74) is 0. The van der Waals surface area contributed by atoms with Gasteiger partial charge in [0.1, 0.15) is 0 Å². The largest absolute Gasteiger partial charge is 0.381 e. The Morgan fingerprint density at radius 2 is 1.96 bits per heavy atom. The van der Waals surface area contributed by atoms with Crippen molar-refractivity contribution in [2.24, 2.45) is 10.9 Å². The van der Waals surface area contributed by atoms with Crippen molar-refractivity contribution in [1.82, 2.24) is 15.1 Å². The molecule has 0 spiro atoms. The third-order valence-electron chi connectivity index (χ3n) is 6.17. The number of rotatable bonds is 5. The van der Waals surface area contributed by atoms with Crippen molar-refractivity contribution >= 4 is 17.7 Å². The fourth-order valence-electron chi connectivity index (χ4n) is 4.45. The second kappa shape index (κ2) is 9.47.